The van der Waals surface area contributed by atoms with E-state index in [4.69, 9.17) is 19.2 Å². The number of likely N-dealkylation sites (tertiary alicyclic amines) is 1. The summed E-state index contributed by atoms with van der Waals surface area (Å²) in [6.45, 7) is 5.15. The lowest BCUT2D eigenvalue weighted by atomic mass is 9.89. The van der Waals surface area contributed by atoms with Gasteiger partial charge in [0.05, 0.1) is 26.5 Å². The maximum Gasteiger partial charge on any atom is 0.166 e. The van der Waals surface area contributed by atoms with Crippen molar-refractivity contribution < 1.29 is 19.0 Å². The van der Waals surface area contributed by atoms with Gasteiger partial charge in [-0.05, 0) is 75.3 Å². The SMILES string of the molecule is CCOc1ccc(-c2nc(CN3CCC(C(=O)c4ccc(OC)cc4)CC3)cs2)cc1OC. The Hall–Kier alpha value is -2.90. The Morgan fingerprint density at radius 2 is 1.82 bits per heavy atom. The van der Waals surface area contributed by atoms with Crippen LogP contribution in [0.15, 0.2) is 47.8 Å². The minimum Gasteiger partial charge on any atom is -0.497 e. The molecule has 1 saturated heterocycles. The largest absolute Gasteiger partial charge is 0.497 e. The number of piperidine rings is 1. The van der Waals surface area contributed by atoms with E-state index in [1.807, 2.05) is 49.4 Å². The van der Waals surface area contributed by atoms with Crippen LogP contribution in [0.25, 0.3) is 10.6 Å². The van der Waals surface area contributed by atoms with Crippen molar-refractivity contribution in [3.8, 4) is 27.8 Å². The van der Waals surface area contributed by atoms with Gasteiger partial charge in [-0.2, -0.15) is 0 Å². The molecule has 2 aromatic carbocycles. The molecule has 3 aromatic rings. The summed E-state index contributed by atoms with van der Waals surface area (Å²) in [6.07, 6.45) is 1.75. The molecule has 4 rings (SSSR count). The highest BCUT2D eigenvalue weighted by atomic mass is 32.1. The predicted molar refractivity (Wildman–Crippen MR) is 131 cm³/mol. The molecular weight excluding hydrogens is 436 g/mol. The van der Waals surface area contributed by atoms with E-state index in [0.717, 1.165) is 71.6 Å². The number of rotatable bonds is 9. The van der Waals surface area contributed by atoms with Crippen molar-refractivity contribution >= 4 is 17.1 Å². The molecule has 1 aromatic heterocycles. The number of Topliss-reactive ketones (excluding diaryl/α,β-unsaturated/α-hetero) is 1. The van der Waals surface area contributed by atoms with Gasteiger partial charge >= 0.3 is 0 Å². The number of hydrogen-bond donors (Lipinski definition) is 0. The first-order chi connectivity index (χ1) is 16.1. The summed E-state index contributed by atoms with van der Waals surface area (Å²) in [4.78, 5) is 20.1. The summed E-state index contributed by atoms with van der Waals surface area (Å²) in [5.74, 6) is 2.55. The molecule has 0 bridgehead atoms. The highest BCUT2D eigenvalue weighted by Gasteiger charge is 2.26. The summed E-state index contributed by atoms with van der Waals surface area (Å²) in [5, 5.41) is 3.09. The summed E-state index contributed by atoms with van der Waals surface area (Å²) in [7, 11) is 3.28. The fraction of sp³-hybridized carbons (Fsp3) is 0.385. The number of thiazole rings is 1. The average Bonchev–Trinajstić information content (AvgIpc) is 3.33. The van der Waals surface area contributed by atoms with Crippen molar-refractivity contribution in [3.63, 3.8) is 0 Å². The number of aromatic nitrogens is 1. The van der Waals surface area contributed by atoms with Crippen LogP contribution < -0.4 is 14.2 Å². The number of carbonyl (C=O) groups excluding carboxylic acids is 1. The number of ether oxygens (including phenoxy) is 3. The normalized spacial score (nSPS) is 14.8. The topological polar surface area (TPSA) is 60.9 Å². The third-order valence-corrected chi connectivity index (χ3v) is 6.92. The van der Waals surface area contributed by atoms with Crippen molar-refractivity contribution in [3.05, 3.63) is 59.1 Å². The molecule has 1 aliphatic heterocycles. The van der Waals surface area contributed by atoms with Gasteiger partial charge in [-0.3, -0.25) is 9.69 Å². The van der Waals surface area contributed by atoms with Crippen LogP contribution >= 0.6 is 11.3 Å². The Morgan fingerprint density at radius 3 is 2.48 bits per heavy atom. The van der Waals surface area contributed by atoms with Gasteiger partial charge in [0.1, 0.15) is 10.8 Å². The monoisotopic (exact) mass is 466 g/mol. The molecule has 0 N–H and O–H groups in total. The molecule has 0 saturated carbocycles. The number of nitrogens with zero attached hydrogens (tertiary/aromatic N) is 2. The molecule has 0 radical (unpaired) electrons. The second-order valence-corrected chi connectivity index (χ2v) is 8.94. The molecular formula is C26H30N2O4S. The maximum atomic E-state index is 12.9. The van der Waals surface area contributed by atoms with Crippen LogP contribution in [0.5, 0.6) is 17.2 Å². The molecule has 0 amide bonds. The number of methoxy groups -OCH3 is 2. The lowest BCUT2D eigenvalue weighted by Crippen LogP contribution is -2.36. The van der Waals surface area contributed by atoms with E-state index in [-0.39, 0.29) is 11.7 Å². The van der Waals surface area contributed by atoms with E-state index in [1.165, 1.54) is 0 Å². The zero-order valence-electron chi connectivity index (χ0n) is 19.4. The third kappa shape index (κ3) is 5.54. The van der Waals surface area contributed by atoms with Crippen LogP contribution in [0.3, 0.4) is 0 Å². The Labute approximate surface area is 199 Å². The number of ketones is 1. The fourth-order valence-corrected chi connectivity index (χ4v) is 4.97. The van der Waals surface area contributed by atoms with Crippen LogP contribution in [0.2, 0.25) is 0 Å². The molecule has 6 nitrogen and oxygen atoms in total. The molecule has 33 heavy (non-hydrogen) atoms. The van der Waals surface area contributed by atoms with Crippen molar-refractivity contribution in [1.82, 2.24) is 9.88 Å². The maximum absolute atomic E-state index is 12.9. The molecule has 0 atom stereocenters. The van der Waals surface area contributed by atoms with Crippen LogP contribution in [-0.4, -0.2) is 49.6 Å². The lowest BCUT2D eigenvalue weighted by molar-refractivity contribution is 0.0834. The molecule has 0 spiro atoms. The summed E-state index contributed by atoms with van der Waals surface area (Å²) in [5.41, 5.74) is 2.85. The van der Waals surface area contributed by atoms with Gasteiger partial charge < -0.3 is 14.2 Å². The molecule has 7 heteroatoms. The zero-order valence-corrected chi connectivity index (χ0v) is 20.2. The Bertz CT molecular complexity index is 1070. The third-order valence-electron chi connectivity index (χ3n) is 5.98. The standard InChI is InChI=1S/C26H30N2O4S/c1-4-32-23-10-7-20(15-24(23)31-3)26-27-21(17-33-26)16-28-13-11-19(12-14-28)25(29)18-5-8-22(30-2)9-6-18/h5-10,15,17,19H,4,11-14,16H2,1-3H3. The van der Waals surface area contributed by atoms with E-state index in [2.05, 4.69) is 10.3 Å². The second kappa shape index (κ2) is 10.8. The zero-order chi connectivity index (χ0) is 23.2. The molecule has 0 aliphatic carbocycles. The predicted octanol–water partition coefficient (Wildman–Crippen LogP) is 5.32. The molecule has 1 fully saturated rings. The van der Waals surface area contributed by atoms with Crippen LogP contribution in [-0.2, 0) is 6.54 Å². The quantitative estimate of drug-likeness (QED) is 0.398. The van der Waals surface area contributed by atoms with Crippen LogP contribution in [0, 0.1) is 5.92 Å². The van der Waals surface area contributed by atoms with Crippen LogP contribution in [0.4, 0.5) is 0 Å². The summed E-state index contributed by atoms with van der Waals surface area (Å²) >= 11 is 1.64. The van der Waals surface area contributed by atoms with Crippen molar-refractivity contribution in [1.29, 1.82) is 0 Å². The minimum atomic E-state index is 0.0805. The van der Waals surface area contributed by atoms with E-state index in [9.17, 15) is 4.79 Å². The van der Waals surface area contributed by atoms with Gasteiger partial charge in [0.25, 0.3) is 0 Å². The Morgan fingerprint density at radius 1 is 1.06 bits per heavy atom. The first-order valence-electron chi connectivity index (χ1n) is 11.3. The molecule has 2 heterocycles. The van der Waals surface area contributed by atoms with Crippen molar-refractivity contribution in [2.24, 2.45) is 5.92 Å². The highest BCUT2D eigenvalue weighted by molar-refractivity contribution is 7.13. The highest BCUT2D eigenvalue weighted by Crippen LogP contribution is 2.34. The van der Waals surface area contributed by atoms with E-state index < -0.39 is 0 Å². The summed E-state index contributed by atoms with van der Waals surface area (Å²) < 4.78 is 16.3. The number of hydrogen-bond acceptors (Lipinski definition) is 7. The molecule has 174 valence electrons. The smallest absolute Gasteiger partial charge is 0.166 e. The average molecular weight is 467 g/mol. The number of benzene rings is 2. The van der Waals surface area contributed by atoms with E-state index >= 15 is 0 Å². The molecule has 1 aliphatic rings. The Kier molecular flexibility index (Phi) is 7.62. The number of carbonyl (C=O) groups is 1. The van der Waals surface area contributed by atoms with Gasteiger partial charge in [-0.1, -0.05) is 0 Å². The van der Waals surface area contributed by atoms with Gasteiger partial charge in [0.2, 0.25) is 0 Å². The van der Waals surface area contributed by atoms with Crippen molar-refractivity contribution in [2.75, 3.05) is 33.9 Å². The minimum absolute atomic E-state index is 0.0805. The second-order valence-electron chi connectivity index (χ2n) is 8.09. The van der Waals surface area contributed by atoms with Gasteiger partial charge in [-0.25, -0.2) is 4.98 Å². The first-order valence-corrected chi connectivity index (χ1v) is 12.2. The summed E-state index contributed by atoms with van der Waals surface area (Å²) in [6, 6.07) is 13.4. The van der Waals surface area contributed by atoms with Gasteiger partial charge in [-0.15, -0.1) is 11.3 Å². The van der Waals surface area contributed by atoms with Gasteiger partial charge in [0.15, 0.2) is 17.3 Å². The van der Waals surface area contributed by atoms with E-state index in [1.54, 1.807) is 25.6 Å². The Balaban J connectivity index is 1.33. The fourth-order valence-electron chi connectivity index (χ4n) is 4.16. The molecule has 0 unspecified atom stereocenters. The van der Waals surface area contributed by atoms with Crippen LogP contribution in [0.1, 0.15) is 35.8 Å². The lowest BCUT2D eigenvalue weighted by Gasteiger charge is -2.30. The van der Waals surface area contributed by atoms with E-state index in [0.29, 0.717) is 6.61 Å². The van der Waals surface area contributed by atoms with Gasteiger partial charge in [0, 0.05) is 29.0 Å². The first kappa shape index (κ1) is 23.3. The van der Waals surface area contributed by atoms with Crippen molar-refractivity contribution in [2.45, 2.75) is 26.3 Å².